The molecular weight excluding hydrogens is 355 g/mol. The zero-order valence-corrected chi connectivity index (χ0v) is 14.2. The van der Waals surface area contributed by atoms with Crippen molar-refractivity contribution >= 4 is 23.0 Å². The summed E-state index contributed by atoms with van der Waals surface area (Å²) in [6, 6.07) is 0. The monoisotopic (exact) mass is 382 g/mol. The van der Waals surface area contributed by atoms with Crippen molar-refractivity contribution in [3.8, 4) is 0 Å². The summed E-state index contributed by atoms with van der Waals surface area (Å²) >= 11 is 2.06. The summed E-state index contributed by atoms with van der Waals surface area (Å²) in [4.78, 5) is 0. The molecule has 1 aliphatic heterocycles. The van der Waals surface area contributed by atoms with Crippen molar-refractivity contribution in [3.05, 3.63) is 0 Å². The van der Waals surface area contributed by atoms with E-state index in [1.54, 1.807) is 0 Å². The van der Waals surface area contributed by atoms with Crippen LogP contribution in [0, 0.1) is 5.92 Å². The average molecular weight is 382 g/mol. The first-order chi connectivity index (χ1) is 9.29. The van der Waals surface area contributed by atoms with Crippen LogP contribution in [-0.2, 0) is 12.5 Å². The van der Waals surface area contributed by atoms with Crippen LogP contribution in [0.25, 0.3) is 0 Å². The van der Waals surface area contributed by atoms with Crippen molar-refractivity contribution in [1.29, 1.82) is 0 Å². The van der Waals surface area contributed by atoms with Crippen LogP contribution in [0.3, 0.4) is 0 Å². The molecule has 0 aromatic carbocycles. The van der Waals surface area contributed by atoms with Crippen molar-refractivity contribution in [3.63, 3.8) is 0 Å². The number of hydrogen-bond acceptors (Lipinski definition) is 3. The molecule has 1 saturated heterocycles. The third-order valence-corrected chi connectivity index (χ3v) is 5.23. The van der Waals surface area contributed by atoms with Crippen LogP contribution in [0.4, 0.5) is 0 Å². The first-order valence-electron chi connectivity index (χ1n) is 7.85. The van der Waals surface area contributed by atoms with Gasteiger partial charge in [-0.3, -0.25) is 0 Å². The van der Waals surface area contributed by atoms with Crippen molar-refractivity contribution in [2.75, 3.05) is 13.2 Å². The van der Waals surface area contributed by atoms with Gasteiger partial charge < -0.3 is 12.5 Å². The van der Waals surface area contributed by atoms with Crippen LogP contribution in [0.2, 0.25) is 0 Å². The zero-order valence-electron chi connectivity index (χ0n) is 12.0. The quantitative estimate of drug-likeness (QED) is 0.453. The summed E-state index contributed by atoms with van der Waals surface area (Å²) in [7, 11) is 0. The van der Waals surface area contributed by atoms with E-state index in [1.165, 1.54) is 44.9 Å². The van der Waals surface area contributed by atoms with Gasteiger partial charge in [0.1, 0.15) is 23.0 Å². The lowest BCUT2D eigenvalue weighted by Gasteiger charge is -2.29. The highest BCUT2D eigenvalue weighted by molar-refractivity contribution is 14.1. The first kappa shape index (κ1) is 16.0. The average Bonchev–Trinajstić information content (AvgIpc) is 3.06. The van der Waals surface area contributed by atoms with Gasteiger partial charge in [-0.25, -0.2) is 0 Å². The lowest BCUT2D eigenvalue weighted by Crippen LogP contribution is -2.31. The van der Waals surface area contributed by atoms with E-state index in [9.17, 15) is 0 Å². The minimum absolute atomic E-state index is 0.270. The summed E-state index contributed by atoms with van der Waals surface area (Å²) in [6.07, 6.45) is 11.3. The maximum atomic E-state index is 5.95. The van der Waals surface area contributed by atoms with Crippen LogP contribution < -0.4 is 0 Å². The van der Waals surface area contributed by atoms with E-state index in [0.29, 0.717) is 12.0 Å². The number of halogens is 1. The highest BCUT2D eigenvalue weighted by Crippen LogP contribution is 2.38. The van der Waals surface area contributed by atoms with Gasteiger partial charge in [0.05, 0.1) is 19.3 Å². The fourth-order valence-corrected chi connectivity index (χ4v) is 4.08. The lowest BCUT2D eigenvalue weighted by atomic mass is 9.93. The van der Waals surface area contributed by atoms with Crippen molar-refractivity contribution in [2.24, 2.45) is 5.92 Å². The lowest BCUT2D eigenvalue weighted by molar-refractivity contribution is -0.170. The van der Waals surface area contributed by atoms with Crippen LogP contribution in [0.15, 0.2) is 0 Å². The number of rotatable bonds is 8. The van der Waals surface area contributed by atoms with E-state index in [4.69, 9.17) is 12.5 Å². The molecule has 3 nitrogen and oxygen atoms in total. The van der Waals surface area contributed by atoms with Gasteiger partial charge >= 0.3 is 0 Å². The molecule has 1 aliphatic carbocycles. The molecule has 2 unspecified atom stereocenters. The molecule has 4 heteroatoms. The Morgan fingerprint density at radius 1 is 1.16 bits per heavy atom. The molecule has 1 heterocycles. The number of ether oxygens (including phenoxy) is 2. The van der Waals surface area contributed by atoms with Gasteiger partial charge in [0, 0.05) is 12.8 Å². The third-order valence-electron chi connectivity index (χ3n) is 4.57. The minimum Gasteiger partial charge on any atom is -0.348 e. The number of hydrogen-bond donors (Lipinski definition) is 0. The molecule has 0 spiro atoms. The molecule has 0 aromatic rings. The van der Waals surface area contributed by atoms with E-state index in [-0.39, 0.29) is 5.79 Å². The highest BCUT2D eigenvalue weighted by Gasteiger charge is 2.38. The van der Waals surface area contributed by atoms with Crippen molar-refractivity contribution in [1.82, 2.24) is 0 Å². The SMILES string of the molecule is CCCCCC1(CCC2CCCC2OI)OCCO1. The predicted octanol–water partition coefficient (Wildman–Crippen LogP) is 4.63. The van der Waals surface area contributed by atoms with Crippen LogP contribution in [-0.4, -0.2) is 25.1 Å². The maximum absolute atomic E-state index is 5.95. The number of unbranched alkanes of at least 4 members (excludes halogenated alkanes) is 2. The summed E-state index contributed by atoms with van der Waals surface area (Å²) in [5, 5.41) is 0. The maximum Gasteiger partial charge on any atom is 0.168 e. The van der Waals surface area contributed by atoms with Gasteiger partial charge in [-0.2, -0.15) is 0 Å². The fraction of sp³-hybridized carbons (Fsp3) is 1.00. The molecule has 0 N–H and O–H groups in total. The van der Waals surface area contributed by atoms with E-state index in [2.05, 4.69) is 29.9 Å². The first-order valence-corrected chi connectivity index (χ1v) is 8.73. The summed E-state index contributed by atoms with van der Waals surface area (Å²) in [5.74, 6) is 0.431. The van der Waals surface area contributed by atoms with E-state index < -0.39 is 0 Å². The topological polar surface area (TPSA) is 27.7 Å². The Hall–Kier alpha value is 0.610. The second kappa shape index (κ2) is 8.15. The molecule has 0 aromatic heterocycles. The highest BCUT2D eigenvalue weighted by atomic mass is 127. The molecular formula is C15H27IO3. The molecule has 2 aliphatic rings. The van der Waals surface area contributed by atoms with Crippen molar-refractivity contribution in [2.45, 2.75) is 76.6 Å². The summed E-state index contributed by atoms with van der Waals surface area (Å²) < 4.78 is 17.5. The van der Waals surface area contributed by atoms with E-state index >= 15 is 0 Å². The Bertz CT molecular complexity index is 254. The normalized spacial score (nSPS) is 30.0. The van der Waals surface area contributed by atoms with Crippen LogP contribution in [0.1, 0.15) is 64.7 Å². The summed E-state index contributed by atoms with van der Waals surface area (Å²) in [6.45, 7) is 3.77. The standard InChI is InChI=1S/C15H27IO3/c1-2-3-4-9-15(17-11-12-18-15)10-8-13-6-5-7-14(13)19-16/h13-14H,2-12H2,1H3. The Labute approximate surface area is 131 Å². The van der Waals surface area contributed by atoms with Gasteiger partial charge in [0.2, 0.25) is 0 Å². The van der Waals surface area contributed by atoms with Crippen LogP contribution >= 0.6 is 23.0 Å². The minimum atomic E-state index is -0.270. The Morgan fingerprint density at radius 3 is 2.63 bits per heavy atom. The van der Waals surface area contributed by atoms with Crippen molar-refractivity contribution < 1.29 is 12.5 Å². The molecule has 2 fully saturated rings. The molecule has 0 amide bonds. The summed E-state index contributed by atoms with van der Waals surface area (Å²) in [5.41, 5.74) is 0. The largest absolute Gasteiger partial charge is 0.348 e. The molecule has 0 bridgehead atoms. The molecule has 1 saturated carbocycles. The third kappa shape index (κ3) is 4.55. The van der Waals surface area contributed by atoms with Crippen LogP contribution in [0.5, 0.6) is 0 Å². The molecule has 0 radical (unpaired) electrons. The molecule has 19 heavy (non-hydrogen) atoms. The van der Waals surface area contributed by atoms with Gasteiger partial charge in [-0.05, 0) is 31.6 Å². The van der Waals surface area contributed by atoms with Gasteiger partial charge in [0.25, 0.3) is 0 Å². The molecule has 112 valence electrons. The Kier molecular flexibility index (Phi) is 6.86. The Balaban J connectivity index is 1.79. The second-order valence-corrected chi connectivity index (χ2v) is 6.43. The van der Waals surface area contributed by atoms with Gasteiger partial charge in [-0.15, -0.1) is 0 Å². The molecule has 2 atom stereocenters. The Morgan fingerprint density at radius 2 is 1.95 bits per heavy atom. The second-order valence-electron chi connectivity index (χ2n) is 5.92. The zero-order chi connectivity index (χ0) is 13.6. The van der Waals surface area contributed by atoms with Gasteiger partial charge in [-0.1, -0.05) is 26.2 Å². The fourth-order valence-electron chi connectivity index (χ4n) is 3.41. The van der Waals surface area contributed by atoms with E-state index in [0.717, 1.165) is 26.1 Å². The molecule has 2 rings (SSSR count). The predicted molar refractivity (Wildman–Crippen MR) is 84.2 cm³/mol. The van der Waals surface area contributed by atoms with E-state index in [1.807, 2.05) is 0 Å². The van der Waals surface area contributed by atoms with Gasteiger partial charge in [0.15, 0.2) is 5.79 Å². The smallest absolute Gasteiger partial charge is 0.168 e.